The molecule has 21 nitrogen and oxygen atoms in total. The number of hydrogen-bond donors (Lipinski definition) is 2. The standard InChI is InChI=1S/C22H21F3N4O7S.C19H15F3N4O6S/c1-15-4-6-16(7-5-15)19-14-20(22(23,24)25)26-28(19)17-8-10-18(11-9-17)37(33,34)27-21(30)35-12-2-3-13-36-29(31)32;1-12-2-4-13(5-3-12)16-10-17(19(20,21)22)23-25(16)14-6-8-15(9-7-14)33(30,31)24-18(27)11-32-26(28)29/h4-11,14H,2-3,12-13H2,1H3,(H,27,30);2-10H,11H2,1H3,(H,24,27). The van der Waals surface area contributed by atoms with Crippen LogP contribution < -0.4 is 9.44 Å². The number of sulfonamides is 2. The van der Waals surface area contributed by atoms with Crippen molar-refractivity contribution in [3.63, 3.8) is 0 Å². The molecule has 2 amide bonds. The molecule has 0 unspecified atom stereocenters. The molecular weight excluding hydrogens is 991 g/mol. The summed E-state index contributed by atoms with van der Waals surface area (Å²) in [7, 11) is -8.75. The van der Waals surface area contributed by atoms with Gasteiger partial charge in [0.25, 0.3) is 36.1 Å². The van der Waals surface area contributed by atoms with Gasteiger partial charge in [0.15, 0.2) is 18.0 Å². The second kappa shape index (κ2) is 21.9. The molecule has 2 heterocycles. The first kappa shape index (κ1) is 52.9. The number of halogens is 6. The topological polar surface area (TPSA) is 276 Å². The van der Waals surface area contributed by atoms with E-state index in [9.17, 15) is 73.0 Å². The number of rotatable bonds is 17. The summed E-state index contributed by atoms with van der Waals surface area (Å²) in [5.74, 6) is -1.28. The largest absolute Gasteiger partial charge is 0.449 e. The molecule has 0 saturated heterocycles. The quantitative estimate of drug-likeness (QED) is 0.0397. The minimum Gasteiger partial charge on any atom is -0.449 e. The van der Waals surface area contributed by atoms with Gasteiger partial charge in [0.1, 0.15) is 0 Å². The number of hydrogen-bond acceptors (Lipinski definition) is 15. The van der Waals surface area contributed by atoms with Gasteiger partial charge >= 0.3 is 18.4 Å². The van der Waals surface area contributed by atoms with E-state index >= 15 is 0 Å². The van der Waals surface area contributed by atoms with Gasteiger partial charge in [0.2, 0.25) is 0 Å². The van der Waals surface area contributed by atoms with Gasteiger partial charge in [0, 0.05) is 11.1 Å². The lowest BCUT2D eigenvalue weighted by Gasteiger charge is -2.10. The molecule has 29 heteroatoms. The van der Waals surface area contributed by atoms with Gasteiger partial charge in [-0.2, -0.15) is 36.5 Å². The van der Waals surface area contributed by atoms with E-state index in [-0.39, 0.29) is 53.7 Å². The molecule has 0 saturated carbocycles. The number of aromatic nitrogens is 4. The van der Waals surface area contributed by atoms with Gasteiger partial charge in [-0.1, -0.05) is 59.7 Å². The fourth-order valence-corrected chi connectivity index (χ4v) is 7.74. The van der Waals surface area contributed by atoms with E-state index in [1.54, 1.807) is 58.0 Å². The average molecular weight is 1030 g/mol. The van der Waals surface area contributed by atoms with E-state index in [0.29, 0.717) is 11.1 Å². The minimum absolute atomic E-state index is 0.128. The van der Waals surface area contributed by atoms with Gasteiger partial charge in [-0.05, 0) is 87.4 Å². The van der Waals surface area contributed by atoms with E-state index < -0.39 is 77.5 Å². The van der Waals surface area contributed by atoms with Crippen molar-refractivity contribution in [3.8, 4) is 33.9 Å². The SMILES string of the molecule is Cc1ccc(-c2cc(C(F)(F)F)nn2-c2ccc(S(=O)(=O)NC(=O)CO[N+](=O)[O-])cc2)cc1.Cc1ccc(-c2cc(C(F)(F)F)nn2-c2ccc(S(=O)(=O)NC(=O)OCCCCO[N+](=O)[O-])cc2)cc1. The first-order valence-corrected chi connectivity index (χ1v) is 22.7. The molecule has 6 aromatic rings. The van der Waals surface area contributed by atoms with E-state index in [2.05, 4.69) is 19.9 Å². The Morgan fingerprint density at radius 1 is 0.600 bits per heavy atom. The van der Waals surface area contributed by atoms with Crippen LogP contribution >= 0.6 is 0 Å². The van der Waals surface area contributed by atoms with Crippen LogP contribution in [-0.2, 0) is 51.6 Å². The Morgan fingerprint density at radius 3 is 1.37 bits per heavy atom. The molecule has 70 heavy (non-hydrogen) atoms. The molecule has 0 radical (unpaired) electrons. The Kier molecular flexibility index (Phi) is 16.6. The first-order chi connectivity index (χ1) is 32.7. The summed E-state index contributed by atoms with van der Waals surface area (Å²) >= 11 is 0. The third-order valence-corrected chi connectivity index (χ3v) is 11.9. The zero-order chi connectivity index (χ0) is 51.6. The fraction of sp³-hybridized carbons (Fsp3) is 0.220. The van der Waals surface area contributed by atoms with Gasteiger partial charge in [-0.15, -0.1) is 20.2 Å². The first-order valence-electron chi connectivity index (χ1n) is 19.7. The van der Waals surface area contributed by atoms with Crippen LogP contribution in [-0.4, -0.2) is 78.4 Å². The summed E-state index contributed by atoms with van der Waals surface area (Å²) in [6.07, 6.45) is -10.3. The number of nitrogens with one attached hydrogen (secondary N) is 2. The van der Waals surface area contributed by atoms with Crippen LogP contribution in [0.5, 0.6) is 0 Å². The number of benzene rings is 4. The molecule has 0 spiro atoms. The number of carbonyl (C=O) groups is 2. The van der Waals surface area contributed by atoms with Crippen LogP contribution in [0, 0.1) is 34.1 Å². The predicted molar refractivity (Wildman–Crippen MR) is 230 cm³/mol. The highest BCUT2D eigenvalue weighted by Gasteiger charge is 2.36. The van der Waals surface area contributed by atoms with Crippen LogP contribution in [0.3, 0.4) is 0 Å². The second-order valence-electron chi connectivity index (χ2n) is 14.4. The number of alkyl halides is 6. The Labute approximate surface area is 391 Å². The van der Waals surface area contributed by atoms with Crippen LogP contribution in [0.2, 0.25) is 0 Å². The summed E-state index contributed by atoms with van der Waals surface area (Å²) in [4.78, 5) is 50.6. The third kappa shape index (κ3) is 14.5. The molecule has 0 aliphatic carbocycles. The summed E-state index contributed by atoms with van der Waals surface area (Å²) < 4.78 is 140. The van der Waals surface area contributed by atoms with Gasteiger partial charge in [-0.3, -0.25) is 4.79 Å². The molecular formula is C41H36F6N8O13S2. The molecule has 0 aliphatic rings. The smallest absolute Gasteiger partial charge is 0.435 e. The molecule has 0 atom stereocenters. The Hall–Kier alpha value is -8.08. The zero-order valence-corrected chi connectivity index (χ0v) is 37.6. The number of nitrogens with zero attached hydrogens (tertiary/aromatic N) is 6. The number of amides is 2. The normalized spacial score (nSPS) is 11.7. The summed E-state index contributed by atoms with van der Waals surface area (Å²) in [6, 6.07) is 24.5. The van der Waals surface area contributed by atoms with Crippen molar-refractivity contribution in [2.75, 3.05) is 19.8 Å². The highest BCUT2D eigenvalue weighted by atomic mass is 32.2. The maximum absolute atomic E-state index is 13.4. The van der Waals surface area contributed by atoms with Crippen molar-refractivity contribution in [1.82, 2.24) is 29.0 Å². The molecule has 2 aromatic heterocycles. The van der Waals surface area contributed by atoms with E-state index in [4.69, 9.17) is 4.74 Å². The fourth-order valence-electron chi connectivity index (χ4n) is 5.88. The lowest BCUT2D eigenvalue weighted by molar-refractivity contribution is -0.757. The molecule has 4 aromatic carbocycles. The van der Waals surface area contributed by atoms with Crippen LogP contribution in [0.1, 0.15) is 35.4 Å². The highest BCUT2D eigenvalue weighted by molar-refractivity contribution is 7.90. The van der Waals surface area contributed by atoms with E-state index in [1.807, 2.05) is 13.8 Å². The van der Waals surface area contributed by atoms with Crippen molar-refractivity contribution in [2.24, 2.45) is 0 Å². The Morgan fingerprint density at radius 2 is 0.986 bits per heavy atom. The average Bonchev–Trinajstić information content (AvgIpc) is 3.95. The van der Waals surface area contributed by atoms with Gasteiger partial charge < -0.3 is 14.4 Å². The maximum Gasteiger partial charge on any atom is 0.435 e. The zero-order valence-electron chi connectivity index (χ0n) is 36.0. The van der Waals surface area contributed by atoms with Crippen molar-refractivity contribution in [3.05, 3.63) is 152 Å². The Balaban J connectivity index is 0.000000262. The Bertz CT molecular complexity index is 3060. The summed E-state index contributed by atoms with van der Waals surface area (Å²) in [6.45, 7) is 2.13. The molecule has 0 bridgehead atoms. The van der Waals surface area contributed by atoms with Crippen LogP contribution in [0.4, 0.5) is 31.1 Å². The second-order valence-corrected chi connectivity index (χ2v) is 17.8. The number of aryl methyl sites for hydroxylation is 2. The maximum atomic E-state index is 13.4. The van der Waals surface area contributed by atoms with Crippen molar-refractivity contribution < 1.29 is 77.4 Å². The monoisotopic (exact) mass is 1030 g/mol. The lowest BCUT2D eigenvalue weighted by Crippen LogP contribution is -2.34. The van der Waals surface area contributed by atoms with Gasteiger partial charge in [0.05, 0.1) is 45.8 Å². The summed E-state index contributed by atoms with van der Waals surface area (Å²) in [5, 5.41) is 25.2. The molecule has 372 valence electrons. The third-order valence-electron chi connectivity index (χ3n) is 9.21. The molecule has 0 fully saturated rings. The molecule has 6 rings (SSSR count). The minimum atomic E-state index is -4.70. The van der Waals surface area contributed by atoms with Crippen LogP contribution in [0.15, 0.2) is 119 Å². The highest BCUT2D eigenvalue weighted by Crippen LogP contribution is 2.35. The van der Waals surface area contributed by atoms with Gasteiger partial charge in [-0.25, -0.2) is 40.4 Å². The molecule has 0 aliphatic heterocycles. The number of unbranched alkanes of at least 4 members (excludes halogenated alkanes) is 1. The van der Waals surface area contributed by atoms with Crippen molar-refractivity contribution >= 4 is 32.0 Å². The molecule has 2 N–H and O–H groups in total. The van der Waals surface area contributed by atoms with Crippen molar-refractivity contribution in [2.45, 2.75) is 48.8 Å². The number of ether oxygens (including phenoxy) is 1. The van der Waals surface area contributed by atoms with Crippen molar-refractivity contribution in [1.29, 1.82) is 0 Å². The predicted octanol–water partition coefficient (Wildman–Crippen LogP) is 7.15. The number of carbonyl (C=O) groups excluding carboxylic acids is 2. The van der Waals surface area contributed by atoms with E-state index in [1.165, 1.54) is 24.3 Å². The lowest BCUT2D eigenvalue weighted by atomic mass is 10.1. The summed E-state index contributed by atoms with van der Waals surface area (Å²) in [5.41, 5.74) is 1.06. The van der Waals surface area contributed by atoms with Crippen LogP contribution in [0.25, 0.3) is 33.9 Å². The van der Waals surface area contributed by atoms with E-state index in [0.717, 1.165) is 56.9 Å².